The van der Waals surface area contributed by atoms with Crippen molar-refractivity contribution in [3.8, 4) is 5.75 Å². The fourth-order valence-corrected chi connectivity index (χ4v) is 2.47. The van der Waals surface area contributed by atoms with Gasteiger partial charge < -0.3 is 15.8 Å². The van der Waals surface area contributed by atoms with Gasteiger partial charge in [-0.25, -0.2) is 0 Å². The quantitative estimate of drug-likeness (QED) is 0.613. The maximum atomic E-state index is 12.4. The lowest BCUT2D eigenvalue weighted by Gasteiger charge is -2.16. The monoisotopic (exact) mass is 354 g/mol. The normalized spacial score (nSPS) is 11.5. The molecule has 0 radical (unpaired) electrons. The van der Waals surface area contributed by atoms with E-state index in [4.69, 9.17) is 10.5 Å². The third-order valence-corrected chi connectivity index (χ3v) is 4.04. The molecular weight excluding hydrogens is 332 g/mol. The lowest BCUT2D eigenvalue weighted by Crippen LogP contribution is -2.45. The Hall–Kier alpha value is -3.15. The molecule has 0 spiro atoms. The summed E-state index contributed by atoms with van der Waals surface area (Å²) in [7, 11) is 0. The van der Waals surface area contributed by atoms with E-state index in [0.717, 1.165) is 16.7 Å². The Kier molecular flexibility index (Phi) is 6.11. The van der Waals surface area contributed by atoms with Gasteiger partial charge in [-0.3, -0.25) is 14.4 Å². The molecule has 2 rings (SSSR count). The molecule has 6 nitrogen and oxygen atoms in total. The van der Waals surface area contributed by atoms with Crippen LogP contribution in [0.2, 0.25) is 0 Å². The summed E-state index contributed by atoms with van der Waals surface area (Å²) in [5.41, 5.74) is 8.97. The van der Waals surface area contributed by atoms with Crippen LogP contribution in [0.3, 0.4) is 0 Å². The number of esters is 1. The molecule has 6 heteroatoms. The number of nitrogens with two attached hydrogens (primary N) is 1. The van der Waals surface area contributed by atoms with E-state index >= 15 is 0 Å². The molecule has 0 unspecified atom stereocenters. The molecular formula is C20H22N2O4. The average molecular weight is 354 g/mol. The summed E-state index contributed by atoms with van der Waals surface area (Å²) in [5, 5.41) is 2.65. The van der Waals surface area contributed by atoms with E-state index in [1.165, 1.54) is 31.2 Å². The number of primary amides is 1. The zero-order valence-corrected chi connectivity index (χ0v) is 15.0. The van der Waals surface area contributed by atoms with Crippen molar-refractivity contribution in [3.05, 3.63) is 64.7 Å². The largest absolute Gasteiger partial charge is 0.427 e. The van der Waals surface area contributed by atoms with E-state index in [2.05, 4.69) is 5.32 Å². The highest BCUT2D eigenvalue weighted by Crippen LogP contribution is 2.14. The van der Waals surface area contributed by atoms with Crippen LogP contribution in [0.15, 0.2) is 42.5 Å². The van der Waals surface area contributed by atoms with Crippen molar-refractivity contribution >= 4 is 17.8 Å². The number of carbonyl (C=O) groups is 3. The minimum Gasteiger partial charge on any atom is -0.427 e. The van der Waals surface area contributed by atoms with Gasteiger partial charge in [0.2, 0.25) is 5.91 Å². The summed E-state index contributed by atoms with van der Waals surface area (Å²) < 4.78 is 4.92. The maximum absolute atomic E-state index is 12.4. The molecule has 0 saturated heterocycles. The van der Waals surface area contributed by atoms with E-state index in [1.807, 2.05) is 32.0 Å². The van der Waals surface area contributed by atoms with Crippen LogP contribution in [0.1, 0.15) is 34.0 Å². The van der Waals surface area contributed by atoms with Gasteiger partial charge in [-0.1, -0.05) is 18.2 Å². The zero-order valence-electron chi connectivity index (χ0n) is 15.0. The third kappa shape index (κ3) is 5.17. The van der Waals surface area contributed by atoms with E-state index in [-0.39, 0.29) is 0 Å². The van der Waals surface area contributed by atoms with E-state index in [1.54, 1.807) is 0 Å². The molecule has 0 aliphatic carbocycles. The Balaban J connectivity index is 2.08. The fraction of sp³-hybridized carbons (Fsp3) is 0.250. The predicted octanol–water partition coefficient (Wildman–Crippen LogP) is 2.06. The van der Waals surface area contributed by atoms with Gasteiger partial charge in [0.25, 0.3) is 5.91 Å². The van der Waals surface area contributed by atoms with Crippen molar-refractivity contribution in [1.29, 1.82) is 0 Å². The minimum atomic E-state index is -0.822. The molecule has 0 fully saturated rings. The summed E-state index contributed by atoms with van der Waals surface area (Å²) >= 11 is 0. The second kappa shape index (κ2) is 8.29. The van der Waals surface area contributed by atoms with Crippen LogP contribution >= 0.6 is 0 Å². The highest BCUT2D eigenvalue weighted by Gasteiger charge is 2.20. The van der Waals surface area contributed by atoms with Crippen molar-refractivity contribution in [2.45, 2.75) is 33.2 Å². The summed E-state index contributed by atoms with van der Waals surface area (Å²) in [6.07, 6.45) is 0.313. The maximum Gasteiger partial charge on any atom is 0.308 e. The standard InChI is InChI=1S/C20H22N2O4/c1-12-4-5-15(10-13(12)2)11-18(19(21)24)22-20(25)16-6-8-17(9-7-16)26-14(3)23/h4-10,18H,11H2,1-3H3,(H2,21,24)(H,22,25)/t18-/m1/s1. The molecule has 0 saturated carbocycles. The van der Waals surface area contributed by atoms with Gasteiger partial charge in [0.1, 0.15) is 11.8 Å². The van der Waals surface area contributed by atoms with Gasteiger partial charge in [-0.2, -0.15) is 0 Å². The van der Waals surface area contributed by atoms with Gasteiger partial charge in [0.15, 0.2) is 0 Å². The van der Waals surface area contributed by atoms with Crippen molar-refractivity contribution in [3.63, 3.8) is 0 Å². The number of benzene rings is 2. The number of hydrogen-bond donors (Lipinski definition) is 2. The van der Waals surface area contributed by atoms with Crippen molar-refractivity contribution < 1.29 is 19.1 Å². The number of nitrogens with one attached hydrogen (secondary N) is 1. The summed E-state index contributed by atoms with van der Waals surface area (Å²) in [6, 6.07) is 11.1. The Bertz CT molecular complexity index is 828. The van der Waals surface area contributed by atoms with Crippen LogP contribution in [-0.4, -0.2) is 23.8 Å². The van der Waals surface area contributed by atoms with Gasteiger partial charge in [0.05, 0.1) is 0 Å². The number of amides is 2. The molecule has 2 aromatic carbocycles. The fourth-order valence-electron chi connectivity index (χ4n) is 2.47. The average Bonchev–Trinajstić information content (AvgIpc) is 2.57. The smallest absolute Gasteiger partial charge is 0.308 e. The van der Waals surface area contributed by atoms with Crippen LogP contribution in [0, 0.1) is 13.8 Å². The molecule has 26 heavy (non-hydrogen) atoms. The van der Waals surface area contributed by atoms with Crippen LogP contribution in [0.25, 0.3) is 0 Å². The van der Waals surface area contributed by atoms with Gasteiger partial charge >= 0.3 is 5.97 Å². The molecule has 2 amide bonds. The van der Waals surface area contributed by atoms with Crippen LogP contribution < -0.4 is 15.8 Å². The second-order valence-electron chi connectivity index (χ2n) is 6.17. The topological polar surface area (TPSA) is 98.5 Å². The first kappa shape index (κ1) is 19.2. The summed E-state index contributed by atoms with van der Waals surface area (Å²) in [4.78, 5) is 35.0. The molecule has 3 N–H and O–H groups in total. The number of rotatable bonds is 6. The van der Waals surface area contributed by atoms with Gasteiger partial charge in [-0.15, -0.1) is 0 Å². The summed E-state index contributed by atoms with van der Waals surface area (Å²) in [6.45, 7) is 5.29. The van der Waals surface area contributed by atoms with Crippen LogP contribution in [0.5, 0.6) is 5.75 Å². The Morgan fingerprint density at radius 2 is 1.69 bits per heavy atom. The molecule has 0 aromatic heterocycles. The number of aryl methyl sites for hydroxylation is 2. The molecule has 136 valence electrons. The third-order valence-electron chi connectivity index (χ3n) is 4.04. The lowest BCUT2D eigenvalue weighted by molar-refractivity contribution is -0.131. The molecule has 0 aliphatic rings. The molecule has 1 atom stereocenters. The molecule has 0 heterocycles. The van der Waals surface area contributed by atoms with Gasteiger partial charge in [-0.05, 0) is 54.8 Å². The van der Waals surface area contributed by atoms with Crippen molar-refractivity contribution in [1.82, 2.24) is 5.32 Å². The number of carbonyl (C=O) groups excluding carboxylic acids is 3. The number of hydrogen-bond acceptors (Lipinski definition) is 4. The first-order chi connectivity index (χ1) is 12.3. The Morgan fingerprint density at radius 1 is 1.04 bits per heavy atom. The van der Waals surface area contributed by atoms with Crippen molar-refractivity contribution in [2.75, 3.05) is 0 Å². The van der Waals surface area contributed by atoms with Crippen LogP contribution in [-0.2, 0) is 16.0 Å². The van der Waals surface area contributed by atoms with E-state index < -0.39 is 23.8 Å². The molecule has 0 aliphatic heterocycles. The van der Waals surface area contributed by atoms with E-state index in [0.29, 0.717) is 17.7 Å². The van der Waals surface area contributed by atoms with Crippen molar-refractivity contribution in [2.24, 2.45) is 5.73 Å². The van der Waals surface area contributed by atoms with Crippen LogP contribution in [0.4, 0.5) is 0 Å². The highest BCUT2D eigenvalue weighted by atomic mass is 16.5. The SMILES string of the molecule is CC(=O)Oc1ccc(C(=O)N[C@H](Cc2ccc(C)c(C)c2)C(N)=O)cc1. The Morgan fingerprint density at radius 3 is 2.23 bits per heavy atom. The zero-order chi connectivity index (χ0) is 19.3. The highest BCUT2D eigenvalue weighted by molar-refractivity contribution is 5.97. The van der Waals surface area contributed by atoms with E-state index in [9.17, 15) is 14.4 Å². The second-order valence-corrected chi connectivity index (χ2v) is 6.17. The first-order valence-corrected chi connectivity index (χ1v) is 8.21. The Labute approximate surface area is 152 Å². The molecule has 0 bridgehead atoms. The predicted molar refractivity (Wildman–Crippen MR) is 97.8 cm³/mol. The summed E-state index contributed by atoms with van der Waals surface area (Å²) in [5.74, 6) is -1.12. The first-order valence-electron chi connectivity index (χ1n) is 8.21. The number of ether oxygens (including phenoxy) is 1. The van der Waals surface area contributed by atoms with Gasteiger partial charge in [0, 0.05) is 18.9 Å². The molecule has 2 aromatic rings. The lowest BCUT2D eigenvalue weighted by atomic mass is 10.0. The minimum absolute atomic E-state index is 0.313.